The molecule has 1 aliphatic heterocycles. The van der Waals surface area contributed by atoms with E-state index in [1.807, 2.05) is 6.07 Å². The fourth-order valence-corrected chi connectivity index (χ4v) is 4.12. The van der Waals surface area contributed by atoms with E-state index in [0.717, 1.165) is 12.4 Å². The van der Waals surface area contributed by atoms with Crippen LogP contribution < -0.4 is 15.4 Å². The van der Waals surface area contributed by atoms with Gasteiger partial charge in [0.05, 0.1) is 45.8 Å². The molecule has 0 spiro atoms. The molecule has 166 valence electrons. The van der Waals surface area contributed by atoms with E-state index in [0.29, 0.717) is 0 Å². The van der Waals surface area contributed by atoms with Crippen LogP contribution in [0.1, 0.15) is 17.5 Å². The first-order valence-corrected chi connectivity index (χ1v) is 9.67. The SMILES string of the molecule is Cc1cc(N)nc(-c2c(Cl)c3c4c(ncnc4c2F)N(C)C(CC#N)CO3)c1C(F)(F)F. The molecule has 12 heteroatoms. The molecule has 0 bridgehead atoms. The summed E-state index contributed by atoms with van der Waals surface area (Å²) in [5, 5.41) is 8.79. The van der Waals surface area contributed by atoms with Gasteiger partial charge in [-0.05, 0) is 18.6 Å². The summed E-state index contributed by atoms with van der Waals surface area (Å²) in [4.78, 5) is 13.5. The minimum Gasteiger partial charge on any atom is -0.489 e. The number of nitrogens with zero attached hydrogens (tertiary/aromatic N) is 5. The van der Waals surface area contributed by atoms with Crippen LogP contribution in [0.5, 0.6) is 5.75 Å². The second-order valence-electron chi connectivity index (χ2n) is 7.28. The molecule has 0 saturated carbocycles. The van der Waals surface area contributed by atoms with Crippen molar-refractivity contribution in [1.29, 1.82) is 5.26 Å². The Morgan fingerprint density at radius 2 is 2.09 bits per heavy atom. The zero-order valence-electron chi connectivity index (χ0n) is 16.8. The number of aryl methyl sites for hydroxylation is 1. The normalized spacial score (nSPS) is 15.9. The van der Waals surface area contributed by atoms with E-state index in [4.69, 9.17) is 27.3 Å². The number of benzene rings is 1. The summed E-state index contributed by atoms with van der Waals surface area (Å²) < 4.78 is 63.1. The number of nitriles is 1. The first-order chi connectivity index (χ1) is 15.1. The van der Waals surface area contributed by atoms with Crippen LogP contribution in [0.3, 0.4) is 0 Å². The largest absolute Gasteiger partial charge is 0.489 e. The number of nitrogen functional groups attached to an aromatic ring is 1. The number of rotatable bonds is 2. The lowest BCUT2D eigenvalue weighted by atomic mass is 9.98. The molecule has 0 fully saturated rings. The standard InChI is InChI=1S/C20H15ClF4N6O/c1-8-5-10(27)30-16(13(8)20(23,24)25)11-14(21)18-12-17(15(11)22)28-7-29-19(12)31(2)9(3-4-26)6-32-18/h5,7,9H,3,6H2,1-2H3,(H2,27,30). The third-order valence-corrected chi connectivity index (χ3v) is 5.65. The maximum absolute atomic E-state index is 15.7. The van der Waals surface area contributed by atoms with Crippen molar-refractivity contribution < 1.29 is 22.3 Å². The number of nitrogens with two attached hydrogens (primary N) is 1. The third-order valence-electron chi connectivity index (χ3n) is 5.29. The van der Waals surface area contributed by atoms with Crippen LogP contribution in [0.2, 0.25) is 5.02 Å². The number of pyridine rings is 1. The second kappa shape index (κ2) is 7.63. The highest BCUT2D eigenvalue weighted by atomic mass is 35.5. The second-order valence-corrected chi connectivity index (χ2v) is 7.65. The fourth-order valence-electron chi connectivity index (χ4n) is 3.80. The smallest absolute Gasteiger partial charge is 0.418 e. The summed E-state index contributed by atoms with van der Waals surface area (Å²) in [6.45, 7) is 1.17. The summed E-state index contributed by atoms with van der Waals surface area (Å²) in [5.74, 6) is -1.19. The molecule has 3 heterocycles. The van der Waals surface area contributed by atoms with Crippen LogP contribution in [-0.2, 0) is 6.18 Å². The molecule has 0 amide bonds. The van der Waals surface area contributed by atoms with Crippen LogP contribution in [-0.4, -0.2) is 34.6 Å². The number of alkyl halides is 3. The van der Waals surface area contributed by atoms with Gasteiger partial charge < -0.3 is 15.4 Å². The molecule has 0 radical (unpaired) electrons. The van der Waals surface area contributed by atoms with E-state index < -0.39 is 39.9 Å². The Morgan fingerprint density at radius 3 is 2.75 bits per heavy atom. The average molecular weight is 467 g/mol. The molecule has 0 saturated heterocycles. The molecular weight excluding hydrogens is 452 g/mol. The van der Waals surface area contributed by atoms with Crippen molar-refractivity contribution in [2.75, 3.05) is 24.3 Å². The van der Waals surface area contributed by atoms with E-state index in [-0.39, 0.29) is 46.9 Å². The highest BCUT2D eigenvalue weighted by Gasteiger charge is 2.40. The molecule has 2 N–H and O–H groups in total. The molecule has 32 heavy (non-hydrogen) atoms. The van der Waals surface area contributed by atoms with E-state index in [1.165, 1.54) is 6.92 Å². The molecule has 1 aliphatic rings. The first-order valence-electron chi connectivity index (χ1n) is 9.29. The molecule has 1 unspecified atom stereocenters. The van der Waals surface area contributed by atoms with Crippen molar-refractivity contribution in [1.82, 2.24) is 15.0 Å². The van der Waals surface area contributed by atoms with E-state index in [2.05, 4.69) is 15.0 Å². The summed E-state index contributed by atoms with van der Waals surface area (Å²) in [5.41, 5.74) is 2.61. The highest BCUT2D eigenvalue weighted by molar-refractivity contribution is 6.36. The van der Waals surface area contributed by atoms with Crippen molar-refractivity contribution >= 4 is 34.1 Å². The summed E-state index contributed by atoms with van der Waals surface area (Å²) in [6, 6.07) is 2.63. The van der Waals surface area contributed by atoms with Crippen LogP contribution in [0.4, 0.5) is 29.2 Å². The summed E-state index contributed by atoms with van der Waals surface area (Å²) >= 11 is 6.45. The first kappa shape index (κ1) is 21.8. The van der Waals surface area contributed by atoms with Crippen molar-refractivity contribution in [2.45, 2.75) is 25.6 Å². The van der Waals surface area contributed by atoms with Gasteiger partial charge in [0.15, 0.2) is 11.6 Å². The Kier molecular flexibility index (Phi) is 5.21. The minimum absolute atomic E-state index is 0.0319. The summed E-state index contributed by atoms with van der Waals surface area (Å²) in [7, 11) is 1.65. The lowest BCUT2D eigenvalue weighted by Crippen LogP contribution is -2.35. The number of likely N-dealkylation sites (N-methyl/N-ethyl adjacent to an activating group) is 1. The van der Waals surface area contributed by atoms with Crippen LogP contribution in [0, 0.1) is 24.1 Å². The Morgan fingerprint density at radius 1 is 1.38 bits per heavy atom. The predicted octanol–water partition coefficient (Wildman–Crippen LogP) is 4.50. The predicted molar refractivity (Wildman–Crippen MR) is 110 cm³/mol. The third kappa shape index (κ3) is 3.31. The van der Waals surface area contributed by atoms with E-state index >= 15 is 4.39 Å². The van der Waals surface area contributed by atoms with Gasteiger partial charge in [-0.25, -0.2) is 19.3 Å². The molecule has 7 nitrogen and oxygen atoms in total. The van der Waals surface area contributed by atoms with Gasteiger partial charge >= 0.3 is 6.18 Å². The van der Waals surface area contributed by atoms with Crippen molar-refractivity contribution in [3.63, 3.8) is 0 Å². The maximum atomic E-state index is 15.7. The fraction of sp³-hybridized carbons (Fsp3) is 0.300. The summed E-state index contributed by atoms with van der Waals surface area (Å²) in [6.07, 6.45) is -3.71. The lowest BCUT2D eigenvalue weighted by Gasteiger charge is -2.24. The van der Waals surface area contributed by atoms with Crippen LogP contribution in [0.15, 0.2) is 12.4 Å². The topological polar surface area (TPSA) is 101 Å². The average Bonchev–Trinajstić information content (AvgIpc) is 2.83. The molecule has 1 aromatic carbocycles. The Balaban J connectivity index is 2.11. The number of aromatic nitrogens is 3. The Hall–Kier alpha value is -3.39. The highest BCUT2D eigenvalue weighted by Crippen LogP contribution is 2.49. The zero-order valence-corrected chi connectivity index (χ0v) is 17.5. The van der Waals surface area contributed by atoms with Gasteiger partial charge in [-0.2, -0.15) is 18.4 Å². The Bertz CT molecular complexity index is 1290. The van der Waals surface area contributed by atoms with Gasteiger partial charge in [-0.15, -0.1) is 0 Å². The number of hydrogen-bond donors (Lipinski definition) is 1. The molecule has 4 rings (SSSR count). The quantitative estimate of drug-likeness (QED) is 0.555. The molecule has 0 aliphatic carbocycles. The number of anilines is 2. The molecular formula is C20H15ClF4N6O. The van der Waals surface area contributed by atoms with Crippen molar-refractivity contribution in [3.8, 4) is 23.1 Å². The van der Waals surface area contributed by atoms with Gasteiger partial charge in [0.2, 0.25) is 0 Å². The number of halogens is 5. The lowest BCUT2D eigenvalue weighted by molar-refractivity contribution is -0.137. The van der Waals surface area contributed by atoms with E-state index in [1.54, 1.807) is 11.9 Å². The van der Waals surface area contributed by atoms with Gasteiger partial charge in [-0.1, -0.05) is 11.6 Å². The van der Waals surface area contributed by atoms with Crippen LogP contribution >= 0.6 is 11.6 Å². The monoisotopic (exact) mass is 466 g/mol. The Labute approximate surface area is 184 Å². The zero-order chi connectivity index (χ0) is 23.4. The number of ether oxygens (including phenoxy) is 1. The van der Waals surface area contributed by atoms with Crippen molar-refractivity contribution in [3.05, 3.63) is 34.4 Å². The van der Waals surface area contributed by atoms with Gasteiger partial charge in [0.1, 0.15) is 30.1 Å². The van der Waals surface area contributed by atoms with Gasteiger partial charge in [0, 0.05) is 7.05 Å². The molecule has 3 aromatic rings. The van der Waals surface area contributed by atoms with E-state index in [9.17, 15) is 13.2 Å². The minimum atomic E-state index is -4.85. The van der Waals surface area contributed by atoms with Crippen molar-refractivity contribution in [2.24, 2.45) is 0 Å². The van der Waals surface area contributed by atoms with Gasteiger partial charge in [0.25, 0.3) is 0 Å². The molecule has 1 atom stereocenters. The maximum Gasteiger partial charge on any atom is 0.418 e. The molecule has 2 aromatic heterocycles. The van der Waals surface area contributed by atoms with Gasteiger partial charge in [-0.3, -0.25) is 0 Å². The number of hydrogen-bond acceptors (Lipinski definition) is 7. The van der Waals surface area contributed by atoms with Crippen LogP contribution in [0.25, 0.3) is 22.2 Å².